The number of carbonyl (C=O) groups excluding carboxylic acids is 1. The van der Waals surface area contributed by atoms with Crippen LogP contribution < -0.4 is 11.1 Å². The summed E-state index contributed by atoms with van der Waals surface area (Å²) in [6.45, 7) is 3.67. The van der Waals surface area contributed by atoms with Crippen molar-refractivity contribution in [3.05, 3.63) is 29.6 Å². The van der Waals surface area contributed by atoms with Gasteiger partial charge in [0.25, 0.3) is 5.91 Å². The molecule has 18 heavy (non-hydrogen) atoms. The standard InChI is InChI=1S/C13H19FN2O2/c1-3-13(2,6-7-17)16-12(18)10-8-9(15)4-5-11(10)14/h4-5,8,17H,3,6-7,15H2,1-2H3,(H,16,18). The van der Waals surface area contributed by atoms with E-state index in [-0.39, 0.29) is 12.2 Å². The molecule has 5 heteroatoms. The van der Waals surface area contributed by atoms with E-state index in [2.05, 4.69) is 5.32 Å². The summed E-state index contributed by atoms with van der Waals surface area (Å²) in [6, 6.07) is 3.87. The number of hydrogen-bond donors (Lipinski definition) is 3. The first kappa shape index (κ1) is 14.4. The second-order valence-electron chi connectivity index (χ2n) is 4.58. The molecule has 1 unspecified atom stereocenters. The lowest BCUT2D eigenvalue weighted by Crippen LogP contribution is -2.46. The number of hydrogen-bond acceptors (Lipinski definition) is 3. The molecular formula is C13H19FN2O2. The molecule has 0 saturated carbocycles. The summed E-state index contributed by atoms with van der Waals surface area (Å²) in [5, 5.41) is 11.7. The van der Waals surface area contributed by atoms with Crippen LogP contribution in [-0.2, 0) is 0 Å². The van der Waals surface area contributed by atoms with Gasteiger partial charge in [-0.15, -0.1) is 0 Å². The van der Waals surface area contributed by atoms with E-state index in [1.54, 1.807) is 0 Å². The van der Waals surface area contributed by atoms with Gasteiger partial charge in [-0.25, -0.2) is 4.39 Å². The molecule has 0 bridgehead atoms. The molecule has 0 radical (unpaired) electrons. The summed E-state index contributed by atoms with van der Waals surface area (Å²) < 4.78 is 13.5. The highest BCUT2D eigenvalue weighted by atomic mass is 19.1. The van der Waals surface area contributed by atoms with Crippen molar-refractivity contribution < 1.29 is 14.3 Å². The largest absolute Gasteiger partial charge is 0.399 e. The van der Waals surface area contributed by atoms with Crippen molar-refractivity contribution in [2.75, 3.05) is 12.3 Å². The zero-order valence-corrected chi connectivity index (χ0v) is 10.7. The summed E-state index contributed by atoms with van der Waals surface area (Å²) in [6.07, 6.45) is 1.06. The Kier molecular flexibility index (Phi) is 4.67. The highest BCUT2D eigenvalue weighted by Crippen LogP contribution is 2.17. The fourth-order valence-corrected chi connectivity index (χ4v) is 1.63. The van der Waals surface area contributed by atoms with Gasteiger partial charge in [0.15, 0.2) is 0 Å². The maximum absolute atomic E-state index is 13.5. The number of halogens is 1. The van der Waals surface area contributed by atoms with Crippen LogP contribution in [0.2, 0.25) is 0 Å². The predicted octanol–water partition coefficient (Wildman–Crippen LogP) is 1.69. The molecule has 0 aliphatic carbocycles. The molecule has 0 fully saturated rings. The van der Waals surface area contributed by atoms with Crippen LogP contribution in [0.15, 0.2) is 18.2 Å². The van der Waals surface area contributed by atoms with Gasteiger partial charge in [0.1, 0.15) is 5.82 Å². The van der Waals surface area contributed by atoms with Gasteiger partial charge in [-0.1, -0.05) is 6.92 Å². The van der Waals surface area contributed by atoms with Crippen molar-refractivity contribution >= 4 is 11.6 Å². The number of rotatable bonds is 5. The molecule has 1 rings (SSSR count). The number of amides is 1. The predicted molar refractivity (Wildman–Crippen MR) is 68.7 cm³/mol. The first-order valence-corrected chi connectivity index (χ1v) is 5.90. The van der Waals surface area contributed by atoms with Gasteiger partial charge >= 0.3 is 0 Å². The molecule has 0 heterocycles. The Hall–Kier alpha value is -1.62. The van der Waals surface area contributed by atoms with Crippen LogP contribution in [0.4, 0.5) is 10.1 Å². The average Bonchev–Trinajstić information content (AvgIpc) is 2.32. The van der Waals surface area contributed by atoms with Crippen molar-refractivity contribution in [1.29, 1.82) is 0 Å². The molecule has 0 aromatic heterocycles. The Morgan fingerprint density at radius 3 is 2.78 bits per heavy atom. The molecule has 4 N–H and O–H groups in total. The van der Waals surface area contributed by atoms with E-state index in [1.807, 2.05) is 13.8 Å². The quantitative estimate of drug-likeness (QED) is 0.700. The van der Waals surface area contributed by atoms with Crippen molar-refractivity contribution in [2.45, 2.75) is 32.2 Å². The van der Waals surface area contributed by atoms with Crippen LogP contribution >= 0.6 is 0 Å². The summed E-state index contributed by atoms with van der Waals surface area (Å²) in [4.78, 5) is 12.0. The molecule has 1 aromatic rings. The molecule has 100 valence electrons. The number of nitrogen functional groups attached to an aromatic ring is 1. The highest BCUT2D eigenvalue weighted by molar-refractivity contribution is 5.95. The van der Waals surface area contributed by atoms with Crippen molar-refractivity contribution in [1.82, 2.24) is 5.32 Å². The second kappa shape index (κ2) is 5.82. The van der Waals surface area contributed by atoms with Gasteiger partial charge in [0.05, 0.1) is 5.56 Å². The Morgan fingerprint density at radius 2 is 2.22 bits per heavy atom. The maximum Gasteiger partial charge on any atom is 0.254 e. The van der Waals surface area contributed by atoms with Crippen molar-refractivity contribution in [2.24, 2.45) is 0 Å². The molecule has 0 saturated heterocycles. The molecule has 0 aliphatic rings. The summed E-state index contributed by atoms with van der Waals surface area (Å²) >= 11 is 0. The summed E-state index contributed by atoms with van der Waals surface area (Å²) in [5.41, 5.74) is 5.24. The zero-order valence-electron chi connectivity index (χ0n) is 10.7. The van der Waals surface area contributed by atoms with E-state index >= 15 is 0 Å². The van der Waals surface area contributed by atoms with E-state index in [0.29, 0.717) is 18.5 Å². The van der Waals surface area contributed by atoms with E-state index in [1.165, 1.54) is 18.2 Å². The minimum absolute atomic E-state index is 0.0377. The normalized spacial score (nSPS) is 14.0. The van der Waals surface area contributed by atoms with Crippen LogP contribution in [0.25, 0.3) is 0 Å². The third-order valence-electron chi connectivity index (χ3n) is 3.09. The van der Waals surface area contributed by atoms with Gasteiger partial charge in [0.2, 0.25) is 0 Å². The molecule has 0 spiro atoms. The van der Waals surface area contributed by atoms with Crippen LogP contribution in [0.3, 0.4) is 0 Å². The minimum Gasteiger partial charge on any atom is -0.399 e. The van der Waals surface area contributed by atoms with Gasteiger partial charge in [-0.2, -0.15) is 0 Å². The topological polar surface area (TPSA) is 75.3 Å². The number of carbonyl (C=O) groups is 1. The van der Waals surface area contributed by atoms with Gasteiger partial charge in [0, 0.05) is 17.8 Å². The second-order valence-corrected chi connectivity index (χ2v) is 4.58. The number of nitrogens with two attached hydrogens (primary N) is 1. The smallest absolute Gasteiger partial charge is 0.254 e. The minimum atomic E-state index is -0.607. The van der Waals surface area contributed by atoms with Gasteiger partial charge in [-0.3, -0.25) is 4.79 Å². The fourth-order valence-electron chi connectivity index (χ4n) is 1.63. The third-order valence-corrected chi connectivity index (χ3v) is 3.09. The number of anilines is 1. The molecule has 1 aromatic carbocycles. The Balaban J connectivity index is 2.90. The number of nitrogens with one attached hydrogen (secondary N) is 1. The van der Waals surface area contributed by atoms with Crippen LogP contribution in [0.5, 0.6) is 0 Å². The van der Waals surface area contributed by atoms with E-state index in [9.17, 15) is 9.18 Å². The van der Waals surface area contributed by atoms with E-state index < -0.39 is 17.3 Å². The lowest BCUT2D eigenvalue weighted by atomic mass is 9.94. The number of aliphatic hydroxyl groups excluding tert-OH is 1. The molecule has 4 nitrogen and oxygen atoms in total. The Bertz CT molecular complexity index is 437. The monoisotopic (exact) mass is 254 g/mol. The van der Waals surface area contributed by atoms with Crippen LogP contribution in [-0.4, -0.2) is 23.2 Å². The van der Waals surface area contributed by atoms with Gasteiger partial charge < -0.3 is 16.2 Å². The molecule has 1 amide bonds. The van der Waals surface area contributed by atoms with Crippen LogP contribution in [0.1, 0.15) is 37.0 Å². The number of benzene rings is 1. The lowest BCUT2D eigenvalue weighted by Gasteiger charge is -2.29. The molecule has 0 aliphatic heterocycles. The maximum atomic E-state index is 13.5. The third kappa shape index (κ3) is 3.43. The van der Waals surface area contributed by atoms with Gasteiger partial charge in [-0.05, 0) is 38.0 Å². The van der Waals surface area contributed by atoms with E-state index in [4.69, 9.17) is 10.8 Å². The average molecular weight is 254 g/mol. The van der Waals surface area contributed by atoms with Crippen LogP contribution in [0, 0.1) is 5.82 Å². The van der Waals surface area contributed by atoms with Crippen molar-refractivity contribution in [3.8, 4) is 0 Å². The highest BCUT2D eigenvalue weighted by Gasteiger charge is 2.25. The lowest BCUT2D eigenvalue weighted by molar-refractivity contribution is 0.0882. The SMILES string of the molecule is CCC(C)(CCO)NC(=O)c1cc(N)ccc1F. The molecular weight excluding hydrogens is 235 g/mol. The van der Waals surface area contributed by atoms with Crippen molar-refractivity contribution in [3.63, 3.8) is 0 Å². The summed E-state index contributed by atoms with van der Waals surface area (Å²) in [7, 11) is 0. The Morgan fingerprint density at radius 1 is 1.56 bits per heavy atom. The number of aliphatic hydroxyl groups is 1. The first-order valence-electron chi connectivity index (χ1n) is 5.90. The fraction of sp³-hybridized carbons (Fsp3) is 0.462. The summed E-state index contributed by atoms with van der Waals surface area (Å²) in [5.74, 6) is -1.12. The Labute approximate surface area is 106 Å². The molecule has 1 atom stereocenters. The first-order chi connectivity index (χ1) is 8.41. The zero-order chi connectivity index (χ0) is 13.8. The van der Waals surface area contributed by atoms with E-state index in [0.717, 1.165) is 0 Å².